The van der Waals surface area contributed by atoms with Crippen LogP contribution in [-0.4, -0.2) is 15.7 Å². The van der Waals surface area contributed by atoms with E-state index in [4.69, 9.17) is 11.6 Å². The van der Waals surface area contributed by atoms with Gasteiger partial charge in [-0.15, -0.1) is 11.3 Å². The molecule has 0 N–H and O–H groups in total. The number of halogens is 1. The molecule has 0 spiro atoms. The van der Waals surface area contributed by atoms with Gasteiger partial charge in [0.05, 0.1) is 5.69 Å². The fourth-order valence-electron chi connectivity index (χ4n) is 2.74. The van der Waals surface area contributed by atoms with E-state index in [0.717, 1.165) is 28.1 Å². The number of aryl methyl sites for hydroxylation is 1. The number of nitrogens with zero attached hydrogens (tertiary/aromatic N) is 2. The van der Waals surface area contributed by atoms with E-state index in [-0.39, 0.29) is 0 Å². The van der Waals surface area contributed by atoms with Crippen LogP contribution in [0.5, 0.6) is 0 Å². The predicted octanol–water partition coefficient (Wildman–Crippen LogP) is 5.50. The monoisotopic (exact) mass is 352 g/mol. The van der Waals surface area contributed by atoms with E-state index in [9.17, 15) is 4.79 Å². The lowest BCUT2D eigenvalue weighted by Gasteiger charge is -2.03. The molecule has 0 bridgehead atoms. The average molecular weight is 353 g/mol. The molecule has 0 radical (unpaired) electrons. The van der Waals surface area contributed by atoms with Crippen LogP contribution >= 0.6 is 22.9 Å². The summed E-state index contributed by atoms with van der Waals surface area (Å²) >= 11 is 7.48. The molecule has 0 saturated heterocycles. The van der Waals surface area contributed by atoms with Crippen molar-refractivity contribution in [2.45, 2.75) is 6.92 Å². The number of rotatable bonds is 3. The van der Waals surface area contributed by atoms with Crippen molar-refractivity contribution in [3.8, 4) is 22.5 Å². The molecule has 118 valence electrons. The molecule has 0 unspecified atom stereocenters. The Morgan fingerprint density at radius 2 is 1.71 bits per heavy atom. The number of thiazole rings is 1. The second kappa shape index (κ2) is 5.89. The van der Waals surface area contributed by atoms with E-state index in [1.807, 2.05) is 21.9 Å². The van der Waals surface area contributed by atoms with Crippen molar-refractivity contribution >= 4 is 34.2 Å². The highest BCUT2D eigenvalue weighted by molar-refractivity contribution is 7.15. The first-order valence-corrected chi connectivity index (χ1v) is 8.71. The molecule has 0 fully saturated rings. The summed E-state index contributed by atoms with van der Waals surface area (Å²) in [5, 5.41) is 2.69. The Balaban J connectivity index is 1.94. The largest absolute Gasteiger partial charge is 0.296 e. The van der Waals surface area contributed by atoms with Crippen molar-refractivity contribution in [2.24, 2.45) is 0 Å². The molecule has 24 heavy (non-hydrogen) atoms. The summed E-state index contributed by atoms with van der Waals surface area (Å²) in [7, 11) is 0. The van der Waals surface area contributed by atoms with Crippen molar-refractivity contribution < 1.29 is 4.79 Å². The SMILES string of the molecule is Cc1ccc(-c2csc3nc(-c4ccc(Cl)cc4)c(C=O)n23)cc1. The Kier molecular flexibility index (Phi) is 3.71. The van der Waals surface area contributed by atoms with Gasteiger partial charge in [-0.25, -0.2) is 4.98 Å². The highest BCUT2D eigenvalue weighted by atomic mass is 35.5. The van der Waals surface area contributed by atoms with Crippen molar-refractivity contribution in [1.29, 1.82) is 0 Å². The third-order valence-corrected chi connectivity index (χ3v) is 5.05. The lowest BCUT2D eigenvalue weighted by Crippen LogP contribution is -1.94. The number of benzene rings is 2. The third-order valence-electron chi connectivity index (χ3n) is 3.98. The molecule has 4 rings (SSSR count). The number of imidazole rings is 1. The van der Waals surface area contributed by atoms with E-state index in [2.05, 4.69) is 36.2 Å². The number of hydrogen-bond donors (Lipinski definition) is 0. The Hall–Kier alpha value is -2.43. The number of carbonyl (C=O) groups is 1. The van der Waals surface area contributed by atoms with Gasteiger partial charge in [-0.1, -0.05) is 53.6 Å². The Labute approximate surface area is 148 Å². The zero-order valence-electron chi connectivity index (χ0n) is 12.9. The fourth-order valence-corrected chi connectivity index (χ4v) is 3.77. The number of fused-ring (bicyclic) bond motifs is 1. The van der Waals surface area contributed by atoms with Gasteiger partial charge in [0.15, 0.2) is 11.2 Å². The molecule has 4 aromatic rings. The Morgan fingerprint density at radius 3 is 2.38 bits per heavy atom. The number of aldehydes is 1. The first kappa shape index (κ1) is 15.1. The molecule has 0 atom stereocenters. The minimum absolute atomic E-state index is 0.559. The molecule has 0 saturated carbocycles. The minimum atomic E-state index is 0.559. The van der Waals surface area contributed by atoms with E-state index >= 15 is 0 Å². The van der Waals surface area contributed by atoms with E-state index in [0.29, 0.717) is 16.4 Å². The van der Waals surface area contributed by atoms with Crippen LogP contribution in [0.2, 0.25) is 5.02 Å². The second-order valence-corrected chi connectivity index (χ2v) is 6.85. The van der Waals surface area contributed by atoms with Gasteiger partial charge in [-0.2, -0.15) is 0 Å². The lowest BCUT2D eigenvalue weighted by molar-refractivity contribution is 0.111. The van der Waals surface area contributed by atoms with Gasteiger partial charge in [0.1, 0.15) is 11.4 Å². The summed E-state index contributed by atoms with van der Waals surface area (Å²) in [6.45, 7) is 2.06. The summed E-state index contributed by atoms with van der Waals surface area (Å²) in [6, 6.07) is 15.6. The van der Waals surface area contributed by atoms with E-state index in [1.165, 1.54) is 16.9 Å². The van der Waals surface area contributed by atoms with Crippen molar-refractivity contribution in [3.63, 3.8) is 0 Å². The van der Waals surface area contributed by atoms with Crippen LogP contribution in [0.1, 0.15) is 16.1 Å². The smallest absolute Gasteiger partial charge is 0.195 e. The van der Waals surface area contributed by atoms with E-state index in [1.54, 1.807) is 12.1 Å². The Bertz CT molecular complexity index is 1030. The van der Waals surface area contributed by atoms with E-state index < -0.39 is 0 Å². The maximum Gasteiger partial charge on any atom is 0.195 e. The molecule has 3 nitrogen and oxygen atoms in total. The minimum Gasteiger partial charge on any atom is -0.296 e. The third kappa shape index (κ3) is 2.44. The van der Waals surface area contributed by atoms with Gasteiger partial charge < -0.3 is 0 Å². The van der Waals surface area contributed by atoms with Crippen LogP contribution in [0.25, 0.3) is 27.5 Å². The molecule has 0 aliphatic heterocycles. The standard InChI is InChI=1S/C19H13ClN2OS/c1-12-2-4-13(5-3-12)17-11-24-19-21-18(16(10-23)22(17)19)14-6-8-15(20)9-7-14/h2-11H,1H3. The number of hydrogen-bond acceptors (Lipinski definition) is 3. The summed E-state index contributed by atoms with van der Waals surface area (Å²) in [5.74, 6) is 0. The Morgan fingerprint density at radius 1 is 1.04 bits per heavy atom. The maximum absolute atomic E-state index is 11.8. The molecule has 0 aliphatic rings. The quantitative estimate of drug-likeness (QED) is 0.456. The molecule has 0 amide bonds. The zero-order chi connectivity index (χ0) is 16.7. The molecule has 0 aliphatic carbocycles. The zero-order valence-corrected chi connectivity index (χ0v) is 14.4. The highest BCUT2D eigenvalue weighted by Crippen LogP contribution is 2.32. The summed E-state index contributed by atoms with van der Waals surface area (Å²) < 4.78 is 1.92. The summed E-state index contributed by atoms with van der Waals surface area (Å²) in [4.78, 5) is 17.3. The molecule has 2 aromatic heterocycles. The van der Waals surface area contributed by atoms with Crippen LogP contribution < -0.4 is 0 Å². The topological polar surface area (TPSA) is 34.4 Å². The van der Waals surface area contributed by atoms with Crippen LogP contribution in [0.4, 0.5) is 0 Å². The lowest BCUT2D eigenvalue weighted by atomic mass is 10.1. The van der Waals surface area contributed by atoms with Gasteiger partial charge in [0.2, 0.25) is 0 Å². The number of carbonyl (C=O) groups excluding carboxylic acids is 1. The summed E-state index contributed by atoms with van der Waals surface area (Å²) in [5.41, 5.74) is 5.37. The van der Waals surface area contributed by atoms with Gasteiger partial charge in [-0.3, -0.25) is 9.20 Å². The van der Waals surface area contributed by atoms with Crippen molar-refractivity contribution in [3.05, 3.63) is 70.2 Å². The molecular formula is C19H13ClN2OS. The molecule has 5 heteroatoms. The van der Waals surface area contributed by atoms with Gasteiger partial charge in [0.25, 0.3) is 0 Å². The fraction of sp³-hybridized carbons (Fsp3) is 0.0526. The summed E-state index contributed by atoms with van der Waals surface area (Å²) in [6.07, 6.45) is 0.869. The second-order valence-electron chi connectivity index (χ2n) is 5.58. The van der Waals surface area contributed by atoms with Gasteiger partial charge >= 0.3 is 0 Å². The predicted molar refractivity (Wildman–Crippen MR) is 99.1 cm³/mol. The van der Waals surface area contributed by atoms with Crippen molar-refractivity contribution in [1.82, 2.24) is 9.38 Å². The highest BCUT2D eigenvalue weighted by Gasteiger charge is 2.18. The first-order chi connectivity index (χ1) is 11.7. The van der Waals surface area contributed by atoms with Gasteiger partial charge in [0, 0.05) is 16.0 Å². The molecular weight excluding hydrogens is 340 g/mol. The first-order valence-electron chi connectivity index (χ1n) is 7.45. The van der Waals surface area contributed by atoms with Gasteiger partial charge in [-0.05, 0) is 24.6 Å². The van der Waals surface area contributed by atoms with Crippen LogP contribution in [0, 0.1) is 6.92 Å². The molecule has 2 aromatic carbocycles. The average Bonchev–Trinajstić information content (AvgIpc) is 3.15. The van der Waals surface area contributed by atoms with Crippen molar-refractivity contribution in [2.75, 3.05) is 0 Å². The number of aromatic nitrogens is 2. The van der Waals surface area contributed by atoms with Crippen LogP contribution in [-0.2, 0) is 0 Å². The normalized spacial score (nSPS) is 11.1. The molecule has 2 heterocycles. The van der Waals surface area contributed by atoms with Crippen LogP contribution in [0.15, 0.2) is 53.9 Å². The maximum atomic E-state index is 11.8. The van der Waals surface area contributed by atoms with Crippen LogP contribution in [0.3, 0.4) is 0 Å².